The fourth-order valence-corrected chi connectivity index (χ4v) is 3.08. The molecule has 0 atom stereocenters. The van der Waals surface area contributed by atoms with Gasteiger partial charge in [0.25, 0.3) is 0 Å². The molecule has 0 spiro atoms. The molecule has 0 unspecified atom stereocenters. The van der Waals surface area contributed by atoms with Gasteiger partial charge in [-0.15, -0.1) is 0 Å². The smallest absolute Gasteiger partial charge is 0.331 e. The van der Waals surface area contributed by atoms with Crippen molar-refractivity contribution in [2.45, 2.75) is 5.03 Å². The highest BCUT2D eigenvalue weighted by atomic mass is 32.2. The first-order chi connectivity index (χ1) is 10.7. The minimum atomic E-state index is -0.142. The second-order valence-electron chi connectivity index (χ2n) is 4.72. The van der Waals surface area contributed by atoms with E-state index < -0.39 is 0 Å². The summed E-state index contributed by atoms with van der Waals surface area (Å²) in [5, 5.41) is 21.9. The first-order valence-electron chi connectivity index (χ1n) is 6.57. The molecule has 2 aromatic heterocycles. The number of carbonyl (C=O) groups excluding carboxylic acids is 1. The van der Waals surface area contributed by atoms with Crippen LogP contribution in [0.4, 0.5) is 11.4 Å². The molecular formula is C13H10N5O3S. The van der Waals surface area contributed by atoms with Crippen LogP contribution in [-0.4, -0.2) is 34.9 Å². The molecule has 8 nitrogen and oxygen atoms in total. The van der Waals surface area contributed by atoms with E-state index in [1.165, 1.54) is 11.8 Å². The van der Waals surface area contributed by atoms with Gasteiger partial charge in [0.1, 0.15) is 12.2 Å². The Morgan fingerprint density at radius 3 is 3.32 bits per heavy atom. The highest BCUT2D eigenvalue weighted by Gasteiger charge is 2.27. The second-order valence-corrected chi connectivity index (χ2v) is 5.68. The van der Waals surface area contributed by atoms with Crippen molar-refractivity contribution in [1.29, 1.82) is 0 Å². The summed E-state index contributed by atoms with van der Waals surface area (Å²) >= 11 is 1.22. The van der Waals surface area contributed by atoms with Gasteiger partial charge in [0.05, 0.1) is 29.0 Å². The van der Waals surface area contributed by atoms with Crippen LogP contribution in [0.5, 0.6) is 5.75 Å². The monoisotopic (exact) mass is 316 g/mol. The molecule has 2 aliphatic rings. The third kappa shape index (κ3) is 2.19. The largest absolute Gasteiger partial charge is 0.594 e. The Morgan fingerprint density at radius 1 is 1.50 bits per heavy atom. The van der Waals surface area contributed by atoms with Crippen molar-refractivity contribution < 1.29 is 14.4 Å². The Bertz CT molecular complexity index is 783. The van der Waals surface area contributed by atoms with Gasteiger partial charge < -0.3 is 20.6 Å². The summed E-state index contributed by atoms with van der Waals surface area (Å²) in [5.41, 5.74) is 2.19. The molecule has 9 heteroatoms. The van der Waals surface area contributed by atoms with Crippen molar-refractivity contribution in [3.05, 3.63) is 23.7 Å². The average Bonchev–Trinajstić information content (AvgIpc) is 2.54. The quantitative estimate of drug-likeness (QED) is 0.580. The molecule has 0 aliphatic carbocycles. The van der Waals surface area contributed by atoms with Crippen LogP contribution in [0, 0.1) is 11.4 Å². The Balaban J connectivity index is 1.85. The number of nitrogens with one attached hydrogen (secondary N) is 2. The number of hydrogen-bond acceptors (Lipinski definition) is 7. The van der Waals surface area contributed by atoms with E-state index in [2.05, 4.69) is 26.9 Å². The number of rotatable bonds is 1. The molecule has 0 fully saturated rings. The maximum Gasteiger partial charge on any atom is 0.331 e. The lowest BCUT2D eigenvalue weighted by molar-refractivity contribution is -0.676. The normalized spacial score (nSPS) is 15.9. The predicted octanol–water partition coefficient (Wildman–Crippen LogP) is 0.426. The molecule has 4 rings (SSSR count). The van der Waals surface area contributed by atoms with Crippen molar-refractivity contribution in [2.75, 3.05) is 29.5 Å². The summed E-state index contributed by atoms with van der Waals surface area (Å²) in [4.78, 5) is 16.3. The number of hydrogen-bond donors (Lipinski definition) is 2. The number of ether oxygens (including phenoxy) is 1. The van der Waals surface area contributed by atoms with Crippen LogP contribution in [0.2, 0.25) is 0 Å². The summed E-state index contributed by atoms with van der Waals surface area (Å²) in [6.07, 6.45) is 4.16. The molecule has 22 heavy (non-hydrogen) atoms. The van der Waals surface area contributed by atoms with Crippen LogP contribution < -0.4 is 20.2 Å². The predicted molar refractivity (Wildman–Crippen MR) is 78.6 cm³/mol. The molecule has 4 heterocycles. The lowest BCUT2D eigenvalue weighted by Gasteiger charge is -2.20. The standard InChI is InChI=1S/C13H10N5O3S/c19-11-6-22-13-12(16-11)7(5-18(20)17-13)8-3-9-10(4-15-8)21-2-1-14-9/h3-4,14H,1-2,6H2,(H,16,19). The first-order valence-corrected chi connectivity index (χ1v) is 7.56. The zero-order valence-corrected chi connectivity index (χ0v) is 12.1. The zero-order valence-electron chi connectivity index (χ0n) is 11.3. The van der Waals surface area contributed by atoms with E-state index in [1.54, 1.807) is 12.3 Å². The van der Waals surface area contributed by atoms with Crippen molar-refractivity contribution >= 4 is 29.0 Å². The maximum absolute atomic E-state index is 11.7. The summed E-state index contributed by atoms with van der Waals surface area (Å²) in [6.45, 7) is 1.28. The van der Waals surface area contributed by atoms with E-state index in [-0.39, 0.29) is 11.7 Å². The number of pyridine rings is 1. The fourth-order valence-electron chi connectivity index (χ4n) is 2.31. The molecule has 0 aromatic carbocycles. The number of thioether (sulfide) groups is 1. The number of nitrogens with zero attached hydrogens (tertiary/aromatic N) is 3. The SMILES string of the molecule is O=C1CSc2n[n+]([O-])[c]c(-c3cc4c(cn3)OCCN4)c2N1. The van der Waals surface area contributed by atoms with Crippen LogP contribution in [0.1, 0.15) is 0 Å². The topological polar surface area (TPSA) is 103 Å². The molecule has 0 bridgehead atoms. The Kier molecular flexibility index (Phi) is 3.00. The first kappa shape index (κ1) is 13.1. The number of fused-ring (bicyclic) bond motifs is 2. The van der Waals surface area contributed by atoms with Crippen molar-refractivity contribution in [2.24, 2.45) is 0 Å². The van der Waals surface area contributed by atoms with Gasteiger partial charge in [-0.1, -0.05) is 11.8 Å². The average molecular weight is 316 g/mol. The molecule has 2 N–H and O–H groups in total. The third-order valence-electron chi connectivity index (χ3n) is 3.26. The van der Waals surface area contributed by atoms with E-state index in [0.717, 1.165) is 5.69 Å². The van der Waals surface area contributed by atoms with Crippen LogP contribution in [0.15, 0.2) is 17.3 Å². The van der Waals surface area contributed by atoms with E-state index in [0.29, 0.717) is 45.7 Å². The summed E-state index contributed by atoms with van der Waals surface area (Å²) in [6, 6.07) is 1.77. The Morgan fingerprint density at radius 2 is 2.41 bits per heavy atom. The van der Waals surface area contributed by atoms with Gasteiger partial charge in [-0.2, -0.15) is 0 Å². The molecule has 111 valence electrons. The second kappa shape index (κ2) is 5.02. The van der Waals surface area contributed by atoms with Gasteiger partial charge in [0, 0.05) is 11.6 Å². The molecular weight excluding hydrogens is 306 g/mol. The summed E-state index contributed by atoms with van der Waals surface area (Å²) in [5.74, 6) is 0.750. The van der Waals surface area contributed by atoms with Gasteiger partial charge >= 0.3 is 6.20 Å². The van der Waals surface area contributed by atoms with Gasteiger partial charge in [-0.3, -0.25) is 9.78 Å². The van der Waals surface area contributed by atoms with E-state index >= 15 is 0 Å². The van der Waals surface area contributed by atoms with Crippen molar-refractivity contribution in [1.82, 2.24) is 10.1 Å². The minimum absolute atomic E-state index is 0.142. The highest BCUT2D eigenvalue weighted by molar-refractivity contribution is 8.00. The van der Waals surface area contributed by atoms with E-state index in [1.807, 2.05) is 0 Å². The van der Waals surface area contributed by atoms with E-state index in [4.69, 9.17) is 4.74 Å². The van der Waals surface area contributed by atoms with Crippen LogP contribution in [-0.2, 0) is 4.79 Å². The molecule has 0 saturated heterocycles. The summed E-state index contributed by atoms with van der Waals surface area (Å²) < 4.78 is 5.48. The van der Waals surface area contributed by atoms with Crippen LogP contribution >= 0.6 is 11.8 Å². The van der Waals surface area contributed by atoms with E-state index in [9.17, 15) is 10.0 Å². The number of amides is 1. The van der Waals surface area contributed by atoms with Gasteiger partial charge in [-0.05, 0) is 10.9 Å². The molecule has 2 aromatic rings. The lowest BCUT2D eigenvalue weighted by atomic mass is 10.1. The number of aromatic nitrogens is 3. The fraction of sp³-hybridized carbons (Fsp3) is 0.231. The third-order valence-corrected chi connectivity index (χ3v) is 4.22. The van der Waals surface area contributed by atoms with Crippen LogP contribution in [0.25, 0.3) is 11.3 Å². The maximum atomic E-state index is 11.7. The Labute approximate surface area is 129 Å². The van der Waals surface area contributed by atoms with Crippen LogP contribution in [0.3, 0.4) is 0 Å². The molecule has 2 aliphatic heterocycles. The summed E-state index contributed by atoms with van der Waals surface area (Å²) in [7, 11) is 0. The van der Waals surface area contributed by atoms with Crippen molar-refractivity contribution in [3.8, 4) is 17.0 Å². The zero-order chi connectivity index (χ0) is 15.1. The number of anilines is 2. The van der Waals surface area contributed by atoms with Gasteiger partial charge in [0.2, 0.25) is 5.91 Å². The van der Waals surface area contributed by atoms with Gasteiger partial charge in [-0.25, -0.2) is 0 Å². The van der Waals surface area contributed by atoms with Gasteiger partial charge in [0.15, 0.2) is 10.8 Å². The number of carbonyl (C=O) groups is 1. The highest BCUT2D eigenvalue weighted by Crippen LogP contribution is 2.37. The van der Waals surface area contributed by atoms with Crippen molar-refractivity contribution in [3.63, 3.8) is 0 Å². The molecule has 0 saturated carbocycles. The molecule has 1 amide bonds. The Hall–Kier alpha value is -2.55. The molecule has 1 radical (unpaired) electrons. The minimum Gasteiger partial charge on any atom is -0.594 e. The lowest BCUT2D eigenvalue weighted by Crippen LogP contribution is -2.34.